The highest BCUT2D eigenvalue weighted by Gasteiger charge is 2.23. The quantitative estimate of drug-likeness (QED) is 0.700. The first-order valence-corrected chi connectivity index (χ1v) is 5.80. The smallest absolute Gasteiger partial charge is 0.223 e. The summed E-state index contributed by atoms with van der Waals surface area (Å²) >= 11 is 0. The van der Waals surface area contributed by atoms with Crippen LogP contribution in [0.15, 0.2) is 0 Å². The molecule has 0 aromatic carbocycles. The minimum Gasteiger partial charge on any atom is -0.356 e. The highest BCUT2D eigenvalue weighted by Crippen LogP contribution is 2.23. The predicted molar refractivity (Wildman–Crippen MR) is 61.1 cm³/mol. The van der Waals surface area contributed by atoms with Crippen molar-refractivity contribution >= 4 is 5.91 Å². The van der Waals surface area contributed by atoms with Crippen LogP contribution in [0.25, 0.3) is 0 Å². The Labute approximate surface area is 88.5 Å². The average Bonchev–Trinajstić information content (AvgIpc) is 2.13. The number of carbonyl (C=O) groups excluding carboxylic acids is 1. The zero-order valence-electron chi connectivity index (χ0n) is 10.3. The summed E-state index contributed by atoms with van der Waals surface area (Å²) in [5.74, 6) is 1.51. The SMILES string of the molecule is CCNC(=O)C(CC(C)C)C(C)CC. The van der Waals surface area contributed by atoms with Gasteiger partial charge in [0.2, 0.25) is 5.91 Å². The second-order valence-electron chi connectivity index (χ2n) is 4.52. The Kier molecular flexibility index (Phi) is 6.60. The van der Waals surface area contributed by atoms with Crippen molar-refractivity contribution in [3.63, 3.8) is 0 Å². The van der Waals surface area contributed by atoms with Crippen LogP contribution in [0.4, 0.5) is 0 Å². The molecule has 0 saturated heterocycles. The van der Waals surface area contributed by atoms with Gasteiger partial charge in [-0.2, -0.15) is 0 Å². The van der Waals surface area contributed by atoms with Gasteiger partial charge in [0.05, 0.1) is 0 Å². The summed E-state index contributed by atoms with van der Waals surface area (Å²) in [6, 6.07) is 0. The number of amides is 1. The number of hydrogen-bond donors (Lipinski definition) is 1. The molecule has 2 unspecified atom stereocenters. The predicted octanol–water partition coefficient (Wildman–Crippen LogP) is 2.83. The molecule has 0 aromatic heterocycles. The topological polar surface area (TPSA) is 29.1 Å². The fraction of sp³-hybridized carbons (Fsp3) is 0.917. The molecule has 0 aromatic rings. The first-order chi connectivity index (χ1) is 6.52. The van der Waals surface area contributed by atoms with Crippen molar-refractivity contribution in [3.8, 4) is 0 Å². The maximum Gasteiger partial charge on any atom is 0.223 e. The molecule has 2 nitrogen and oxygen atoms in total. The normalized spacial score (nSPS) is 15.3. The van der Waals surface area contributed by atoms with Crippen LogP contribution in [0.2, 0.25) is 0 Å². The van der Waals surface area contributed by atoms with E-state index in [-0.39, 0.29) is 11.8 Å². The van der Waals surface area contributed by atoms with Crippen LogP contribution in [0.3, 0.4) is 0 Å². The van der Waals surface area contributed by atoms with Gasteiger partial charge in [-0.1, -0.05) is 34.1 Å². The third-order valence-electron chi connectivity index (χ3n) is 2.74. The summed E-state index contributed by atoms with van der Waals surface area (Å²) in [5.41, 5.74) is 0. The Morgan fingerprint density at radius 2 is 1.79 bits per heavy atom. The van der Waals surface area contributed by atoms with Crippen molar-refractivity contribution in [2.45, 2.75) is 47.5 Å². The average molecular weight is 199 g/mol. The van der Waals surface area contributed by atoms with Crippen molar-refractivity contribution in [3.05, 3.63) is 0 Å². The van der Waals surface area contributed by atoms with E-state index in [1.165, 1.54) is 0 Å². The van der Waals surface area contributed by atoms with Crippen molar-refractivity contribution in [2.75, 3.05) is 6.54 Å². The standard InChI is InChI=1S/C12H25NO/c1-6-10(5)11(8-9(3)4)12(14)13-7-2/h9-11H,6-8H2,1-5H3,(H,13,14). The van der Waals surface area contributed by atoms with Crippen LogP contribution < -0.4 is 5.32 Å². The number of nitrogens with one attached hydrogen (secondary N) is 1. The number of carbonyl (C=O) groups is 1. The third kappa shape index (κ3) is 4.64. The summed E-state index contributed by atoms with van der Waals surface area (Å²) in [4.78, 5) is 11.8. The van der Waals surface area contributed by atoms with E-state index >= 15 is 0 Å². The Morgan fingerprint density at radius 1 is 1.21 bits per heavy atom. The first-order valence-electron chi connectivity index (χ1n) is 5.80. The lowest BCUT2D eigenvalue weighted by Crippen LogP contribution is -2.34. The number of hydrogen-bond acceptors (Lipinski definition) is 1. The molecule has 1 amide bonds. The minimum atomic E-state index is 0.194. The monoisotopic (exact) mass is 199 g/mol. The summed E-state index contributed by atoms with van der Waals surface area (Å²) in [6.07, 6.45) is 2.08. The Hall–Kier alpha value is -0.530. The van der Waals surface area contributed by atoms with Crippen LogP contribution in [-0.4, -0.2) is 12.5 Å². The molecule has 1 N–H and O–H groups in total. The summed E-state index contributed by atoms with van der Waals surface area (Å²) in [7, 11) is 0. The maximum absolute atomic E-state index is 11.8. The molecule has 2 atom stereocenters. The van der Waals surface area contributed by atoms with Crippen LogP contribution >= 0.6 is 0 Å². The fourth-order valence-electron chi connectivity index (χ4n) is 1.70. The zero-order valence-corrected chi connectivity index (χ0v) is 10.3. The Morgan fingerprint density at radius 3 is 2.14 bits per heavy atom. The Bertz CT molecular complexity index is 166. The molecule has 0 aliphatic rings. The van der Waals surface area contributed by atoms with Crippen molar-refractivity contribution < 1.29 is 4.79 Å². The van der Waals surface area contributed by atoms with Gasteiger partial charge in [-0.05, 0) is 25.2 Å². The van der Waals surface area contributed by atoms with Crippen LogP contribution in [0.1, 0.15) is 47.5 Å². The van der Waals surface area contributed by atoms with Gasteiger partial charge in [-0.15, -0.1) is 0 Å². The van der Waals surface area contributed by atoms with E-state index in [9.17, 15) is 4.79 Å². The van der Waals surface area contributed by atoms with E-state index < -0.39 is 0 Å². The van der Waals surface area contributed by atoms with E-state index in [0.717, 1.165) is 19.4 Å². The molecule has 0 saturated carbocycles. The van der Waals surface area contributed by atoms with Crippen molar-refractivity contribution in [2.24, 2.45) is 17.8 Å². The molecular weight excluding hydrogens is 174 g/mol. The second-order valence-corrected chi connectivity index (χ2v) is 4.52. The van der Waals surface area contributed by atoms with E-state index in [0.29, 0.717) is 11.8 Å². The molecule has 84 valence electrons. The van der Waals surface area contributed by atoms with Gasteiger partial charge in [0.25, 0.3) is 0 Å². The van der Waals surface area contributed by atoms with Crippen molar-refractivity contribution in [1.29, 1.82) is 0 Å². The van der Waals surface area contributed by atoms with E-state index in [2.05, 4.69) is 33.0 Å². The molecule has 14 heavy (non-hydrogen) atoms. The first kappa shape index (κ1) is 13.5. The van der Waals surface area contributed by atoms with Crippen LogP contribution in [0, 0.1) is 17.8 Å². The molecule has 0 bridgehead atoms. The van der Waals surface area contributed by atoms with Gasteiger partial charge < -0.3 is 5.32 Å². The molecular formula is C12H25NO. The van der Waals surface area contributed by atoms with Gasteiger partial charge in [-0.3, -0.25) is 4.79 Å². The molecule has 0 heterocycles. The lowest BCUT2D eigenvalue weighted by atomic mass is 9.84. The third-order valence-corrected chi connectivity index (χ3v) is 2.74. The molecule has 0 radical (unpaired) electrons. The molecule has 2 heteroatoms. The summed E-state index contributed by atoms with van der Waals surface area (Å²) in [5, 5.41) is 2.93. The molecule has 0 rings (SSSR count). The van der Waals surface area contributed by atoms with Gasteiger partial charge in [0.1, 0.15) is 0 Å². The van der Waals surface area contributed by atoms with Gasteiger partial charge in [0, 0.05) is 12.5 Å². The molecule has 0 spiro atoms. The highest BCUT2D eigenvalue weighted by molar-refractivity contribution is 5.78. The van der Waals surface area contributed by atoms with Gasteiger partial charge in [-0.25, -0.2) is 0 Å². The highest BCUT2D eigenvalue weighted by atomic mass is 16.1. The van der Waals surface area contributed by atoms with Gasteiger partial charge >= 0.3 is 0 Å². The summed E-state index contributed by atoms with van der Waals surface area (Å²) < 4.78 is 0. The zero-order chi connectivity index (χ0) is 11.1. The van der Waals surface area contributed by atoms with Crippen molar-refractivity contribution in [1.82, 2.24) is 5.32 Å². The molecule has 0 fully saturated rings. The van der Waals surface area contributed by atoms with Crippen LogP contribution in [-0.2, 0) is 4.79 Å². The molecule has 0 aliphatic heterocycles. The van der Waals surface area contributed by atoms with E-state index in [1.807, 2.05) is 6.92 Å². The Balaban J connectivity index is 4.30. The largest absolute Gasteiger partial charge is 0.356 e. The molecule has 0 aliphatic carbocycles. The number of rotatable bonds is 6. The second kappa shape index (κ2) is 6.86. The lowest BCUT2D eigenvalue weighted by Gasteiger charge is -2.23. The minimum absolute atomic E-state index is 0.194. The fourth-order valence-corrected chi connectivity index (χ4v) is 1.70. The van der Waals surface area contributed by atoms with E-state index in [4.69, 9.17) is 0 Å². The van der Waals surface area contributed by atoms with Crippen LogP contribution in [0.5, 0.6) is 0 Å². The van der Waals surface area contributed by atoms with E-state index in [1.54, 1.807) is 0 Å². The lowest BCUT2D eigenvalue weighted by molar-refractivity contribution is -0.127. The van der Waals surface area contributed by atoms with Gasteiger partial charge in [0.15, 0.2) is 0 Å². The maximum atomic E-state index is 11.8. The summed E-state index contributed by atoms with van der Waals surface area (Å²) in [6.45, 7) is 11.4.